The minimum atomic E-state index is -1.93. The summed E-state index contributed by atoms with van der Waals surface area (Å²) >= 11 is 0. The lowest BCUT2D eigenvalue weighted by Gasteiger charge is -2.45. The van der Waals surface area contributed by atoms with Gasteiger partial charge < -0.3 is 89.0 Å². The Labute approximate surface area is 324 Å². The minimum absolute atomic E-state index is 0.00769. The summed E-state index contributed by atoms with van der Waals surface area (Å²) in [4.78, 5) is 14.5. The number of rotatable bonds is 10. The first-order valence-corrected chi connectivity index (χ1v) is 18.2. The highest BCUT2D eigenvalue weighted by atomic mass is 16.7. The van der Waals surface area contributed by atoms with Gasteiger partial charge >= 0.3 is 0 Å². The molecule has 1 aromatic heterocycles. The first-order valence-electron chi connectivity index (χ1n) is 18.2. The highest BCUT2D eigenvalue weighted by Crippen LogP contribution is 2.42. The van der Waals surface area contributed by atoms with Gasteiger partial charge in [0.2, 0.25) is 23.8 Å². The molecule has 3 fully saturated rings. The van der Waals surface area contributed by atoms with Crippen molar-refractivity contribution in [3.63, 3.8) is 0 Å². The number of aromatic hydroxyl groups is 2. The lowest BCUT2D eigenvalue weighted by Crippen LogP contribution is -2.63. The Hall–Kier alpha value is -3.93. The van der Waals surface area contributed by atoms with Crippen LogP contribution >= 0.6 is 0 Å². The Morgan fingerprint density at radius 1 is 0.737 bits per heavy atom. The van der Waals surface area contributed by atoms with Gasteiger partial charge in [-0.25, -0.2) is 0 Å². The summed E-state index contributed by atoms with van der Waals surface area (Å²) in [5.41, 5.74) is -0.0876. The molecule has 3 saturated heterocycles. The van der Waals surface area contributed by atoms with E-state index in [1.807, 2.05) is 0 Å². The number of aliphatic hydroxyl groups excluding tert-OH is 9. The number of phenols is 2. The maximum absolute atomic E-state index is 14.5. The molecule has 3 aromatic rings. The van der Waals surface area contributed by atoms with E-state index in [1.54, 1.807) is 19.9 Å². The monoisotopic (exact) mass is 808 g/mol. The predicted molar refractivity (Wildman–Crippen MR) is 193 cm³/mol. The van der Waals surface area contributed by atoms with Crippen molar-refractivity contribution in [2.24, 2.45) is 0 Å². The third-order valence-corrected chi connectivity index (χ3v) is 10.2. The molecule has 0 saturated carbocycles. The Bertz CT molecular complexity index is 1960. The van der Waals surface area contributed by atoms with Crippen LogP contribution in [-0.2, 0) is 25.4 Å². The zero-order chi connectivity index (χ0) is 41.6. The zero-order valence-corrected chi connectivity index (χ0v) is 31.2. The number of allylic oxidation sites excluding steroid dienone is 2. The lowest BCUT2D eigenvalue weighted by atomic mass is 9.97. The number of fused-ring (bicyclic) bond motifs is 1. The van der Waals surface area contributed by atoms with Crippen molar-refractivity contribution in [3.8, 4) is 34.3 Å². The van der Waals surface area contributed by atoms with E-state index in [9.17, 15) is 61.0 Å². The Morgan fingerprint density at radius 2 is 1.33 bits per heavy atom. The van der Waals surface area contributed by atoms with Crippen LogP contribution in [-0.4, -0.2) is 155 Å². The second-order valence-corrected chi connectivity index (χ2v) is 14.6. The van der Waals surface area contributed by atoms with Gasteiger partial charge in [-0.3, -0.25) is 4.79 Å². The van der Waals surface area contributed by atoms with Crippen molar-refractivity contribution in [2.45, 2.75) is 126 Å². The summed E-state index contributed by atoms with van der Waals surface area (Å²) < 4.78 is 40.9. The highest BCUT2D eigenvalue weighted by molar-refractivity contribution is 5.91. The van der Waals surface area contributed by atoms with Crippen LogP contribution < -0.4 is 14.9 Å². The molecule has 15 atom stereocenters. The summed E-state index contributed by atoms with van der Waals surface area (Å²) in [5.74, 6) is -1.90. The summed E-state index contributed by atoms with van der Waals surface area (Å²) in [6, 6.07) is 6.40. The second kappa shape index (κ2) is 17.1. The van der Waals surface area contributed by atoms with E-state index in [-0.39, 0.29) is 40.4 Å². The van der Waals surface area contributed by atoms with Crippen molar-refractivity contribution in [1.29, 1.82) is 0 Å². The molecule has 3 aliphatic heterocycles. The summed E-state index contributed by atoms with van der Waals surface area (Å²) in [6.45, 7) is 5.72. The zero-order valence-electron chi connectivity index (χ0n) is 31.2. The van der Waals surface area contributed by atoms with Gasteiger partial charge in [0, 0.05) is 17.2 Å². The number of hydrogen-bond acceptors (Lipinski definition) is 19. The molecule has 0 bridgehead atoms. The Morgan fingerprint density at radius 3 is 1.98 bits per heavy atom. The molecule has 3 aliphatic rings. The van der Waals surface area contributed by atoms with Crippen molar-refractivity contribution in [2.75, 3.05) is 6.61 Å². The van der Waals surface area contributed by atoms with E-state index in [0.717, 1.165) is 11.6 Å². The molecule has 6 rings (SSSR count). The molecular weight excluding hydrogens is 760 g/mol. The maximum atomic E-state index is 14.5. The van der Waals surface area contributed by atoms with Crippen LogP contribution in [0.2, 0.25) is 0 Å². The first-order chi connectivity index (χ1) is 26.9. The van der Waals surface area contributed by atoms with Gasteiger partial charge in [-0.1, -0.05) is 11.6 Å². The van der Waals surface area contributed by atoms with Gasteiger partial charge in [-0.05, 0) is 58.4 Å². The van der Waals surface area contributed by atoms with Gasteiger partial charge in [-0.2, -0.15) is 0 Å². The fraction of sp³-hybridized carbons (Fsp3) is 0.553. The van der Waals surface area contributed by atoms with Crippen LogP contribution in [0.1, 0.15) is 33.3 Å². The molecule has 0 amide bonds. The number of benzene rings is 2. The van der Waals surface area contributed by atoms with Gasteiger partial charge in [-0.15, -0.1) is 0 Å². The molecule has 19 heteroatoms. The smallest absolute Gasteiger partial charge is 0.239 e. The standard InChI is InChI=1S/C38H48O19/c1-13(2)5-10-18-20(53-38-30(49)27(46)24(43)21(12-39)54-38)11-19(41)22-25(44)35(33(55-34(18)22)16-6-8-17(40)9-7-16)57-37-31(50)28(47)32(15(4)52-37)56-36-29(48)26(45)23(42)14(3)51-36/h5-9,11,14-15,21,23-24,26-32,36-43,45-50H,10,12H2,1-4H3. The Balaban J connectivity index is 1.41. The van der Waals surface area contributed by atoms with Crippen molar-refractivity contribution in [3.05, 3.63) is 57.8 Å². The molecule has 15 unspecified atom stereocenters. The molecule has 19 nitrogen and oxygen atoms in total. The normalized spacial score (nSPS) is 35.8. The molecule has 57 heavy (non-hydrogen) atoms. The summed E-state index contributed by atoms with van der Waals surface area (Å²) in [6.07, 6.45) is -21.8. The summed E-state index contributed by atoms with van der Waals surface area (Å²) in [5, 5.41) is 115. The molecule has 0 spiro atoms. The summed E-state index contributed by atoms with van der Waals surface area (Å²) in [7, 11) is 0. The van der Waals surface area contributed by atoms with Crippen LogP contribution in [0, 0.1) is 0 Å². The topological polar surface area (TPSA) is 308 Å². The molecular formula is C38H48O19. The number of hydrogen-bond donors (Lipinski definition) is 11. The number of aliphatic hydroxyl groups is 9. The molecule has 2 aromatic carbocycles. The van der Waals surface area contributed by atoms with Crippen LogP contribution in [0.25, 0.3) is 22.3 Å². The van der Waals surface area contributed by atoms with E-state index in [1.165, 1.54) is 38.1 Å². The molecule has 0 radical (unpaired) electrons. The quantitative estimate of drug-likeness (QED) is 0.105. The largest absolute Gasteiger partial charge is 0.508 e. The van der Waals surface area contributed by atoms with Gasteiger partial charge in [0.1, 0.15) is 89.3 Å². The van der Waals surface area contributed by atoms with E-state index >= 15 is 0 Å². The van der Waals surface area contributed by atoms with Crippen molar-refractivity contribution >= 4 is 11.0 Å². The molecule has 4 heterocycles. The van der Waals surface area contributed by atoms with Crippen LogP contribution in [0.15, 0.2) is 51.2 Å². The van der Waals surface area contributed by atoms with Crippen molar-refractivity contribution < 1.29 is 89.0 Å². The van der Waals surface area contributed by atoms with Crippen LogP contribution in [0.4, 0.5) is 0 Å². The third-order valence-electron chi connectivity index (χ3n) is 10.2. The second-order valence-electron chi connectivity index (χ2n) is 14.6. The maximum Gasteiger partial charge on any atom is 0.239 e. The number of phenolic OH excluding ortho intramolecular Hbond substituents is 2. The number of ether oxygens (including phenoxy) is 6. The lowest BCUT2D eigenvalue weighted by molar-refractivity contribution is -0.345. The fourth-order valence-corrected chi connectivity index (χ4v) is 6.85. The predicted octanol–water partition coefficient (Wildman–Crippen LogP) is -1.38. The van der Waals surface area contributed by atoms with Gasteiger partial charge in [0.25, 0.3) is 0 Å². The Kier molecular flexibility index (Phi) is 12.8. The molecule has 0 aliphatic carbocycles. The molecule has 314 valence electrons. The van der Waals surface area contributed by atoms with Gasteiger partial charge in [0.15, 0.2) is 12.1 Å². The average Bonchev–Trinajstić information content (AvgIpc) is 3.17. The van der Waals surface area contributed by atoms with Crippen LogP contribution in [0.5, 0.6) is 23.0 Å². The average molecular weight is 809 g/mol. The van der Waals surface area contributed by atoms with Gasteiger partial charge in [0.05, 0.1) is 18.8 Å². The fourth-order valence-electron chi connectivity index (χ4n) is 6.85. The van der Waals surface area contributed by atoms with E-state index in [4.69, 9.17) is 32.8 Å². The highest BCUT2D eigenvalue weighted by Gasteiger charge is 2.50. The first kappa shape index (κ1) is 42.7. The SMILES string of the molecule is CC(C)=CCc1c(OC2OC(CO)C(O)C(O)C2O)cc(O)c2c(=O)c(OC3OC(C)C(OC4OC(C)C(O)C(O)C4O)C(O)C3O)c(-c3ccc(O)cc3)oc12. The van der Waals surface area contributed by atoms with E-state index < -0.39 is 121 Å². The minimum Gasteiger partial charge on any atom is -0.508 e. The molecule has 11 N–H and O–H groups in total. The van der Waals surface area contributed by atoms with Crippen LogP contribution in [0.3, 0.4) is 0 Å². The van der Waals surface area contributed by atoms with E-state index in [2.05, 4.69) is 0 Å². The van der Waals surface area contributed by atoms with Crippen molar-refractivity contribution in [1.82, 2.24) is 0 Å². The third kappa shape index (κ3) is 8.35. The van der Waals surface area contributed by atoms with E-state index in [0.29, 0.717) is 0 Å².